The molecule has 1 aromatic carbocycles. The molecule has 5 heteroatoms. The van der Waals surface area contributed by atoms with Crippen LogP contribution in [0.5, 0.6) is 0 Å². The lowest BCUT2D eigenvalue weighted by molar-refractivity contribution is -0.121. The first kappa shape index (κ1) is 23.4. The molecule has 1 aliphatic carbocycles. The monoisotopic (exact) mass is 426 g/mol. The van der Waals surface area contributed by atoms with Gasteiger partial charge < -0.3 is 4.52 Å². The van der Waals surface area contributed by atoms with Crippen molar-refractivity contribution in [2.45, 2.75) is 78.2 Å². The van der Waals surface area contributed by atoms with Crippen LogP contribution in [0.3, 0.4) is 0 Å². The summed E-state index contributed by atoms with van der Waals surface area (Å²) in [5.74, 6) is 1.65. The lowest BCUT2D eigenvalue weighted by Crippen LogP contribution is -2.22. The molecule has 1 aromatic rings. The number of hydrogen-bond acceptors (Lipinski definition) is 2. The number of benzene rings is 1. The van der Waals surface area contributed by atoms with Crippen LogP contribution >= 0.6 is 25.4 Å². The Morgan fingerprint density at radius 2 is 2.04 bits per heavy atom. The lowest BCUT2D eigenvalue weighted by atomic mass is 9.81. The molecule has 2 nitrogen and oxygen atoms in total. The van der Waals surface area contributed by atoms with Gasteiger partial charge in [-0.3, -0.25) is 4.79 Å². The van der Waals surface area contributed by atoms with Crippen LogP contribution in [0.25, 0.3) is 0 Å². The molecule has 27 heavy (non-hydrogen) atoms. The van der Waals surface area contributed by atoms with Gasteiger partial charge >= 0.3 is 0 Å². The summed E-state index contributed by atoms with van der Waals surface area (Å²) in [6.45, 7) is 6.64. The Bertz CT molecular complexity index is 591. The van der Waals surface area contributed by atoms with E-state index in [4.69, 9.17) is 4.52 Å². The van der Waals surface area contributed by atoms with Crippen molar-refractivity contribution in [3.05, 3.63) is 35.4 Å². The van der Waals surface area contributed by atoms with Crippen LogP contribution < -0.4 is 0 Å². The van der Waals surface area contributed by atoms with Crippen LogP contribution in [0, 0.1) is 24.7 Å². The predicted molar refractivity (Wildman–Crippen MR) is 125 cm³/mol. The van der Waals surface area contributed by atoms with Crippen LogP contribution in [-0.4, -0.2) is 11.9 Å². The Labute approximate surface area is 172 Å². The first-order valence-electron chi connectivity index (χ1n) is 10.4. The zero-order chi connectivity index (χ0) is 19.8. The number of rotatable bonds is 11. The fourth-order valence-electron chi connectivity index (χ4n) is 4.52. The van der Waals surface area contributed by atoms with Crippen molar-refractivity contribution < 1.29 is 9.32 Å². The zero-order valence-corrected chi connectivity index (χ0v) is 20.4. The quantitative estimate of drug-likeness (QED) is 0.279. The first-order chi connectivity index (χ1) is 12.9. The summed E-state index contributed by atoms with van der Waals surface area (Å²) in [6.07, 6.45) is 9.09. The molecule has 0 heterocycles. The van der Waals surface area contributed by atoms with Gasteiger partial charge in [0, 0.05) is 12.3 Å². The zero-order valence-electron chi connectivity index (χ0n) is 17.2. The van der Waals surface area contributed by atoms with E-state index in [-0.39, 0.29) is 5.92 Å². The molecule has 0 saturated heterocycles. The van der Waals surface area contributed by atoms with Crippen molar-refractivity contribution in [2.75, 3.05) is 0 Å². The average molecular weight is 426 g/mol. The highest BCUT2D eigenvalue weighted by molar-refractivity contribution is 8.41. The topological polar surface area (TPSA) is 26.3 Å². The largest absolute Gasteiger partial charge is 0.348 e. The molecule has 2 rings (SSSR count). The van der Waals surface area contributed by atoms with E-state index in [2.05, 4.69) is 62.9 Å². The van der Waals surface area contributed by atoms with Crippen molar-refractivity contribution in [1.82, 2.24) is 0 Å². The maximum atomic E-state index is 12.7. The number of aryl methyl sites for hydroxylation is 1. The highest BCUT2D eigenvalue weighted by atomic mass is 32.4. The molecule has 152 valence electrons. The fourth-order valence-corrected chi connectivity index (χ4v) is 6.11. The summed E-state index contributed by atoms with van der Waals surface area (Å²) >= 11 is 0. The van der Waals surface area contributed by atoms with Crippen LogP contribution in [0.1, 0.15) is 69.9 Å². The minimum atomic E-state index is -0.492. The highest BCUT2D eigenvalue weighted by Gasteiger charge is 2.39. The van der Waals surface area contributed by atoms with Crippen LogP contribution in [0.15, 0.2) is 24.3 Å². The summed E-state index contributed by atoms with van der Waals surface area (Å²) in [5.41, 5.74) is 2.59. The van der Waals surface area contributed by atoms with E-state index in [0.29, 0.717) is 23.7 Å². The van der Waals surface area contributed by atoms with Gasteiger partial charge in [-0.2, -0.15) is 0 Å². The number of Topliss-reactive ketones (excluding diaryl/α,β-unsaturated/α-hetero) is 1. The van der Waals surface area contributed by atoms with Gasteiger partial charge in [0.2, 0.25) is 0 Å². The number of ketones is 1. The van der Waals surface area contributed by atoms with E-state index in [0.717, 1.165) is 32.1 Å². The lowest BCUT2D eigenvalue weighted by Gasteiger charge is -2.26. The van der Waals surface area contributed by atoms with E-state index < -0.39 is 7.53 Å². The van der Waals surface area contributed by atoms with Gasteiger partial charge in [-0.05, 0) is 50.0 Å². The molecule has 0 amide bonds. The third-order valence-electron chi connectivity index (χ3n) is 5.94. The molecular weight excluding hydrogens is 389 g/mol. The van der Waals surface area contributed by atoms with E-state index >= 15 is 0 Å². The van der Waals surface area contributed by atoms with Gasteiger partial charge in [-0.25, -0.2) is 0 Å². The predicted octanol–water partition coefficient (Wildman–Crippen LogP) is 7.10. The molecular formula is C22H37O2P3. The standard InChI is InChI=1S/C22H37O2P3/c1-4-5-6-10-19(24-27(25)26)11-12-20-17(3)14-22(23)21(20)15-18-9-7-8-16(2)13-18/h7-9,13,17,19-21H,4-6,10-12,14-15,25-26H2,1-3H3/t17-,19+,20+,21-/m1/s1. The number of unbranched alkanes of at least 4 members (excludes halogenated alkanes) is 2. The molecule has 1 fully saturated rings. The van der Waals surface area contributed by atoms with E-state index in [1.807, 2.05) is 0 Å². The summed E-state index contributed by atoms with van der Waals surface area (Å²) in [4.78, 5) is 12.7. The minimum absolute atomic E-state index is 0.187. The minimum Gasteiger partial charge on any atom is -0.348 e. The fraction of sp³-hybridized carbons (Fsp3) is 0.682. The first-order valence-corrected chi connectivity index (χ1v) is 14.9. The second kappa shape index (κ2) is 12.0. The van der Waals surface area contributed by atoms with Crippen LogP contribution in [0.4, 0.5) is 0 Å². The Morgan fingerprint density at radius 3 is 2.70 bits per heavy atom. The van der Waals surface area contributed by atoms with Gasteiger partial charge in [-0.15, -0.1) is 0 Å². The molecule has 0 aromatic heterocycles. The smallest absolute Gasteiger partial charge is 0.136 e. The maximum absolute atomic E-state index is 12.7. The second-order valence-corrected chi connectivity index (χ2v) is 14.0. The summed E-state index contributed by atoms with van der Waals surface area (Å²) in [5, 5.41) is 0. The summed E-state index contributed by atoms with van der Waals surface area (Å²) in [7, 11) is 5.09. The summed E-state index contributed by atoms with van der Waals surface area (Å²) in [6, 6.07) is 8.65. The highest BCUT2D eigenvalue weighted by Crippen LogP contribution is 2.55. The number of carbonyl (C=O) groups is 1. The van der Waals surface area contributed by atoms with Gasteiger partial charge in [0.15, 0.2) is 0 Å². The van der Waals surface area contributed by atoms with Gasteiger partial charge in [0.25, 0.3) is 0 Å². The van der Waals surface area contributed by atoms with Crippen molar-refractivity contribution >= 4 is 31.2 Å². The molecule has 6 atom stereocenters. The second-order valence-electron chi connectivity index (χ2n) is 8.27. The van der Waals surface area contributed by atoms with E-state index in [1.165, 1.54) is 30.4 Å². The van der Waals surface area contributed by atoms with Gasteiger partial charge in [0.1, 0.15) is 5.78 Å². The average Bonchev–Trinajstić information content (AvgIpc) is 2.85. The van der Waals surface area contributed by atoms with Crippen LogP contribution in [0.2, 0.25) is 0 Å². The normalized spacial score (nSPS) is 23.9. The van der Waals surface area contributed by atoms with Crippen molar-refractivity contribution in [2.24, 2.45) is 17.8 Å². The Hall–Kier alpha value is 0.140. The molecule has 0 aliphatic heterocycles. The molecule has 1 saturated carbocycles. The van der Waals surface area contributed by atoms with E-state index in [1.54, 1.807) is 0 Å². The van der Waals surface area contributed by atoms with Crippen molar-refractivity contribution in [1.29, 1.82) is 0 Å². The Balaban J connectivity index is 1.98. The molecule has 0 spiro atoms. The summed E-state index contributed by atoms with van der Waals surface area (Å²) < 4.78 is 6.19. The van der Waals surface area contributed by atoms with Gasteiger partial charge in [-0.1, -0.05) is 80.8 Å². The molecule has 0 bridgehead atoms. The SMILES string of the molecule is CCCCC[C@@H](CC[C@H]1[C@H](C)CC(=O)[C@@H]1Cc1cccc(C)c1)OP(P)P. The Morgan fingerprint density at radius 1 is 1.26 bits per heavy atom. The molecule has 0 radical (unpaired) electrons. The number of carbonyl (C=O) groups excluding carboxylic acids is 1. The van der Waals surface area contributed by atoms with Crippen molar-refractivity contribution in [3.63, 3.8) is 0 Å². The van der Waals surface area contributed by atoms with Crippen molar-refractivity contribution in [3.8, 4) is 0 Å². The third-order valence-corrected chi connectivity index (χ3v) is 7.22. The Kier molecular flexibility index (Phi) is 10.4. The number of hydrogen-bond donors (Lipinski definition) is 0. The third kappa shape index (κ3) is 7.82. The molecule has 2 unspecified atom stereocenters. The molecule has 1 aliphatic rings. The molecule has 0 N–H and O–H groups in total. The van der Waals surface area contributed by atoms with E-state index in [9.17, 15) is 4.79 Å². The maximum Gasteiger partial charge on any atom is 0.136 e. The van der Waals surface area contributed by atoms with Gasteiger partial charge in [0.05, 0.1) is 13.6 Å². The van der Waals surface area contributed by atoms with Crippen LogP contribution in [-0.2, 0) is 15.7 Å².